The number of para-hydroxylation sites is 4. The van der Waals surface area contributed by atoms with E-state index >= 15 is 0 Å². The molecule has 12 aromatic carbocycles. The van der Waals surface area contributed by atoms with Crippen molar-refractivity contribution in [3.05, 3.63) is 240 Å². The maximum absolute atomic E-state index is 6.57. The molecular formula is C70H52N2O2. The zero-order chi connectivity index (χ0) is 49.9. The summed E-state index contributed by atoms with van der Waals surface area (Å²) in [6.45, 7) is 13.3. The van der Waals surface area contributed by atoms with Crippen molar-refractivity contribution in [2.45, 2.75) is 41.5 Å². The number of nitrogens with zero attached hydrogens (tertiary/aromatic N) is 2. The lowest BCUT2D eigenvalue weighted by molar-refractivity contribution is 0.669. The Kier molecular flexibility index (Phi) is 9.87. The number of hydrogen-bond acceptors (Lipinski definition) is 4. The number of anilines is 6. The largest absolute Gasteiger partial charge is 0.455 e. The van der Waals surface area contributed by atoms with E-state index in [1.54, 1.807) is 0 Å². The van der Waals surface area contributed by atoms with E-state index in [1.807, 2.05) is 12.1 Å². The van der Waals surface area contributed by atoms with Gasteiger partial charge in [0.05, 0.1) is 22.7 Å². The molecule has 0 radical (unpaired) electrons. The molecule has 0 unspecified atom stereocenters. The number of fused-ring (bicyclic) bond motifs is 6. The van der Waals surface area contributed by atoms with Crippen molar-refractivity contribution in [3.8, 4) is 22.3 Å². The first kappa shape index (κ1) is 43.7. The van der Waals surface area contributed by atoms with Gasteiger partial charge in [0.25, 0.3) is 0 Å². The Hall–Kier alpha value is -9.12. The highest BCUT2D eigenvalue weighted by Gasteiger charge is 2.26. The highest BCUT2D eigenvalue weighted by molar-refractivity contribution is 6.28. The van der Waals surface area contributed by atoms with Crippen LogP contribution in [0.2, 0.25) is 0 Å². The van der Waals surface area contributed by atoms with Gasteiger partial charge in [0, 0.05) is 54.8 Å². The Morgan fingerprint density at radius 1 is 0.311 bits per heavy atom. The number of furan rings is 2. The fraction of sp³-hybridized carbons (Fsp3) is 0.0857. The predicted octanol–water partition coefficient (Wildman–Crippen LogP) is 20.5. The molecule has 4 heteroatoms. The number of hydrogen-bond donors (Lipinski definition) is 0. The fourth-order valence-corrected chi connectivity index (χ4v) is 12.2. The van der Waals surface area contributed by atoms with Crippen LogP contribution >= 0.6 is 0 Å². The molecule has 0 fully saturated rings. The third kappa shape index (κ3) is 6.75. The first-order chi connectivity index (χ1) is 36.2. The van der Waals surface area contributed by atoms with Gasteiger partial charge >= 0.3 is 0 Å². The Morgan fingerprint density at radius 2 is 0.676 bits per heavy atom. The van der Waals surface area contributed by atoms with Gasteiger partial charge in [-0.25, -0.2) is 0 Å². The second kappa shape index (κ2) is 16.7. The van der Waals surface area contributed by atoms with Crippen LogP contribution in [0, 0.1) is 41.5 Å². The molecule has 0 bridgehead atoms. The van der Waals surface area contributed by atoms with E-state index in [4.69, 9.17) is 8.83 Å². The summed E-state index contributed by atoms with van der Waals surface area (Å²) < 4.78 is 13.1. The van der Waals surface area contributed by atoms with Gasteiger partial charge in [-0.3, -0.25) is 0 Å². The van der Waals surface area contributed by atoms with Gasteiger partial charge < -0.3 is 18.6 Å². The molecule has 0 aliphatic carbocycles. The first-order valence-corrected chi connectivity index (χ1v) is 25.6. The molecule has 354 valence electrons. The lowest BCUT2D eigenvalue weighted by Gasteiger charge is -2.32. The van der Waals surface area contributed by atoms with Gasteiger partial charge in [-0.05, 0) is 169 Å². The molecule has 2 aromatic heterocycles. The van der Waals surface area contributed by atoms with Crippen molar-refractivity contribution in [1.29, 1.82) is 0 Å². The predicted molar refractivity (Wildman–Crippen MR) is 313 cm³/mol. The van der Waals surface area contributed by atoms with Crippen LogP contribution in [0.1, 0.15) is 33.4 Å². The average Bonchev–Trinajstić information content (AvgIpc) is 4.00. The van der Waals surface area contributed by atoms with E-state index in [-0.39, 0.29) is 0 Å². The first-order valence-electron chi connectivity index (χ1n) is 25.6. The number of aryl methyl sites for hydroxylation is 6. The molecule has 0 atom stereocenters. The van der Waals surface area contributed by atoms with E-state index in [9.17, 15) is 0 Å². The summed E-state index contributed by atoms with van der Waals surface area (Å²) >= 11 is 0. The summed E-state index contributed by atoms with van der Waals surface area (Å²) in [6.07, 6.45) is 0. The summed E-state index contributed by atoms with van der Waals surface area (Å²) in [6, 6.07) is 75.6. The minimum atomic E-state index is 0.905. The molecule has 4 nitrogen and oxygen atoms in total. The molecule has 0 amide bonds. The second-order valence-electron chi connectivity index (χ2n) is 20.4. The summed E-state index contributed by atoms with van der Waals surface area (Å²) in [7, 11) is 0. The monoisotopic (exact) mass is 952 g/mol. The van der Waals surface area contributed by atoms with Gasteiger partial charge in [0.1, 0.15) is 22.3 Å². The van der Waals surface area contributed by atoms with E-state index < -0.39 is 0 Å². The smallest absolute Gasteiger partial charge is 0.143 e. The van der Waals surface area contributed by atoms with Crippen LogP contribution < -0.4 is 9.80 Å². The Labute approximate surface area is 430 Å². The minimum Gasteiger partial charge on any atom is -0.455 e. The second-order valence-corrected chi connectivity index (χ2v) is 20.4. The average molecular weight is 953 g/mol. The lowest BCUT2D eigenvalue weighted by atomic mass is 9.90. The Bertz CT molecular complexity index is 4220. The highest BCUT2D eigenvalue weighted by Crippen LogP contribution is 2.51. The third-order valence-electron chi connectivity index (χ3n) is 15.5. The molecule has 0 spiro atoms. The number of rotatable bonds is 8. The van der Waals surface area contributed by atoms with Crippen LogP contribution in [0.5, 0.6) is 0 Å². The fourth-order valence-electron chi connectivity index (χ4n) is 12.2. The molecule has 0 saturated carbocycles. The lowest BCUT2D eigenvalue weighted by Crippen LogP contribution is -2.14. The Balaban J connectivity index is 0.948. The van der Waals surface area contributed by atoms with Gasteiger partial charge in [0.15, 0.2) is 0 Å². The molecule has 14 aromatic rings. The van der Waals surface area contributed by atoms with Gasteiger partial charge in [0.2, 0.25) is 0 Å². The summed E-state index contributed by atoms with van der Waals surface area (Å²) in [4.78, 5) is 4.97. The quantitative estimate of drug-likeness (QED) is 0.142. The van der Waals surface area contributed by atoms with Crippen LogP contribution in [0.15, 0.2) is 215 Å². The zero-order valence-electron chi connectivity index (χ0n) is 42.3. The molecule has 0 aliphatic rings. The molecule has 14 rings (SSSR count). The summed E-state index contributed by atoms with van der Waals surface area (Å²) in [5.74, 6) is 0. The number of benzene rings is 12. The van der Waals surface area contributed by atoms with Crippen molar-refractivity contribution < 1.29 is 8.83 Å². The van der Waals surface area contributed by atoms with Gasteiger partial charge in [-0.1, -0.05) is 145 Å². The zero-order valence-corrected chi connectivity index (χ0v) is 42.3. The van der Waals surface area contributed by atoms with Crippen molar-refractivity contribution in [1.82, 2.24) is 0 Å². The van der Waals surface area contributed by atoms with E-state index in [0.717, 1.165) is 88.9 Å². The third-order valence-corrected chi connectivity index (χ3v) is 15.5. The van der Waals surface area contributed by atoms with E-state index in [1.165, 1.54) is 77.1 Å². The standard InChI is InChI=1S/C70H52N2O2/c1-41-21-29-51(30-22-41)71(67-43(3)37-49(38-44(67)4)53-15-11-17-57-55-13-7-9-19-63(55)73-69(53)57)61-35-27-47-26-34-60-62(36-28-48-25-33-59(61)65(47)66(48)60)72(52-31-23-42(2)24-32-52)68-45(5)39-50(40-46(68)6)54-16-12-18-58-56-14-8-10-20-64(56)74-70(54)58/h7-40H,1-6H3. The SMILES string of the molecule is Cc1ccc(N(c2c(C)cc(-c3cccc4c3oc3ccccc34)cc2C)c2ccc3ccc4c(N(c5ccc(C)cc5)c5c(C)cc(-c6cccc7c6oc6ccccc67)cc5C)ccc5ccc2c3c54)cc1. The topological polar surface area (TPSA) is 32.8 Å². The summed E-state index contributed by atoms with van der Waals surface area (Å²) in [5.41, 5.74) is 22.1. The molecule has 74 heavy (non-hydrogen) atoms. The van der Waals surface area contributed by atoms with Gasteiger partial charge in [-0.15, -0.1) is 0 Å². The normalized spacial score (nSPS) is 11.9. The molecule has 0 aliphatic heterocycles. The molecule has 2 heterocycles. The van der Waals surface area contributed by atoms with Crippen LogP contribution in [0.3, 0.4) is 0 Å². The van der Waals surface area contributed by atoms with Crippen molar-refractivity contribution >= 4 is 110 Å². The van der Waals surface area contributed by atoms with Crippen LogP contribution in [0.25, 0.3) is 98.4 Å². The van der Waals surface area contributed by atoms with Crippen LogP contribution in [0.4, 0.5) is 34.1 Å². The van der Waals surface area contributed by atoms with Crippen molar-refractivity contribution in [2.75, 3.05) is 9.80 Å². The molecule has 0 N–H and O–H groups in total. The van der Waals surface area contributed by atoms with Gasteiger partial charge in [-0.2, -0.15) is 0 Å². The minimum absolute atomic E-state index is 0.905. The van der Waals surface area contributed by atoms with E-state index in [2.05, 4.69) is 245 Å². The molecule has 0 saturated heterocycles. The summed E-state index contributed by atoms with van der Waals surface area (Å²) in [5, 5.41) is 11.9. The van der Waals surface area contributed by atoms with Crippen molar-refractivity contribution in [3.63, 3.8) is 0 Å². The molecular weight excluding hydrogens is 901 g/mol. The van der Waals surface area contributed by atoms with E-state index in [0.29, 0.717) is 0 Å². The highest BCUT2D eigenvalue weighted by atomic mass is 16.3. The maximum atomic E-state index is 6.57. The van der Waals surface area contributed by atoms with Crippen LogP contribution in [-0.4, -0.2) is 0 Å². The maximum Gasteiger partial charge on any atom is 0.143 e. The van der Waals surface area contributed by atoms with Crippen molar-refractivity contribution in [2.24, 2.45) is 0 Å². The van der Waals surface area contributed by atoms with Crippen LogP contribution in [-0.2, 0) is 0 Å². The Morgan fingerprint density at radius 3 is 1.08 bits per heavy atom.